The molecule has 2 amide bonds. The van der Waals surface area contributed by atoms with Crippen LogP contribution in [0.3, 0.4) is 0 Å². The molecule has 2 aromatic rings. The molecule has 0 bridgehead atoms. The van der Waals surface area contributed by atoms with E-state index in [4.69, 9.17) is 11.6 Å². The normalized spacial score (nSPS) is 11.3. The van der Waals surface area contributed by atoms with Gasteiger partial charge in [-0.25, -0.2) is 4.79 Å². The molecule has 136 valence electrons. The van der Waals surface area contributed by atoms with Crippen molar-refractivity contribution in [3.63, 3.8) is 0 Å². The minimum atomic E-state index is -0.492. The summed E-state index contributed by atoms with van der Waals surface area (Å²) in [6.07, 6.45) is 0.0314. The first-order valence-electron chi connectivity index (χ1n) is 7.90. The molecule has 0 aliphatic heterocycles. The molecule has 6 nitrogen and oxygen atoms in total. The van der Waals surface area contributed by atoms with Crippen LogP contribution < -0.4 is 10.6 Å². The predicted molar refractivity (Wildman–Crippen MR) is 99.0 cm³/mol. The molecule has 2 aromatic carbocycles. The summed E-state index contributed by atoms with van der Waals surface area (Å²) in [5.74, 6) is -1.04. The number of carbonyl (C=O) groups excluding carboxylic acids is 3. The zero-order valence-corrected chi connectivity index (χ0v) is 15.2. The zero-order valence-electron chi connectivity index (χ0n) is 14.4. The van der Waals surface area contributed by atoms with Crippen molar-refractivity contribution < 1.29 is 19.1 Å². The molecule has 7 heteroatoms. The van der Waals surface area contributed by atoms with Gasteiger partial charge in [-0.15, -0.1) is 0 Å². The van der Waals surface area contributed by atoms with Gasteiger partial charge in [-0.1, -0.05) is 29.8 Å². The van der Waals surface area contributed by atoms with Crippen molar-refractivity contribution in [1.29, 1.82) is 0 Å². The topological polar surface area (TPSA) is 84.5 Å². The Morgan fingerprint density at radius 2 is 1.81 bits per heavy atom. The van der Waals surface area contributed by atoms with Gasteiger partial charge in [0.15, 0.2) is 0 Å². The maximum absolute atomic E-state index is 12.4. The van der Waals surface area contributed by atoms with Crippen LogP contribution in [-0.4, -0.2) is 24.9 Å². The quantitative estimate of drug-likeness (QED) is 0.759. The largest absolute Gasteiger partial charge is 0.465 e. The van der Waals surface area contributed by atoms with E-state index in [0.717, 1.165) is 5.56 Å². The Bertz CT molecular complexity index is 805. The number of esters is 1. The van der Waals surface area contributed by atoms with Crippen molar-refractivity contribution in [2.75, 3.05) is 12.4 Å². The van der Waals surface area contributed by atoms with Gasteiger partial charge in [0.05, 0.1) is 25.1 Å². The van der Waals surface area contributed by atoms with Crippen LogP contribution in [0.2, 0.25) is 5.02 Å². The average Bonchev–Trinajstić information content (AvgIpc) is 2.61. The van der Waals surface area contributed by atoms with E-state index in [9.17, 15) is 14.4 Å². The molecule has 0 saturated carbocycles. The highest BCUT2D eigenvalue weighted by atomic mass is 35.5. The molecule has 0 radical (unpaired) electrons. The molecule has 2 rings (SSSR count). The molecule has 2 N–H and O–H groups in total. The smallest absolute Gasteiger partial charge is 0.337 e. The molecule has 1 unspecified atom stereocenters. The van der Waals surface area contributed by atoms with Crippen molar-refractivity contribution in [2.24, 2.45) is 0 Å². The van der Waals surface area contributed by atoms with Gasteiger partial charge >= 0.3 is 5.97 Å². The van der Waals surface area contributed by atoms with E-state index in [-0.39, 0.29) is 18.2 Å². The van der Waals surface area contributed by atoms with Crippen LogP contribution in [-0.2, 0) is 14.3 Å². The predicted octanol–water partition coefficient (Wildman–Crippen LogP) is 3.33. The molecular formula is C19H19ClN2O4. The Morgan fingerprint density at radius 1 is 1.12 bits per heavy atom. The summed E-state index contributed by atoms with van der Waals surface area (Å²) in [5.41, 5.74) is 1.57. The third-order valence-electron chi connectivity index (χ3n) is 3.61. The van der Waals surface area contributed by atoms with Crippen LogP contribution in [0.5, 0.6) is 0 Å². The van der Waals surface area contributed by atoms with Crippen LogP contribution in [0.15, 0.2) is 48.5 Å². The molecule has 1 atom stereocenters. The van der Waals surface area contributed by atoms with Gasteiger partial charge in [-0.2, -0.15) is 0 Å². The highest BCUT2D eigenvalue weighted by Gasteiger charge is 2.17. The van der Waals surface area contributed by atoms with E-state index in [1.54, 1.807) is 42.5 Å². The molecule has 0 spiro atoms. The van der Waals surface area contributed by atoms with Crippen LogP contribution >= 0.6 is 11.6 Å². The first-order valence-corrected chi connectivity index (χ1v) is 8.27. The van der Waals surface area contributed by atoms with E-state index in [1.165, 1.54) is 20.1 Å². The van der Waals surface area contributed by atoms with Crippen molar-refractivity contribution in [3.8, 4) is 0 Å². The van der Waals surface area contributed by atoms with Gasteiger partial charge in [0.25, 0.3) is 0 Å². The second-order valence-corrected chi connectivity index (χ2v) is 6.07. The number of halogens is 1. The summed E-state index contributed by atoms with van der Waals surface area (Å²) < 4.78 is 4.66. The summed E-state index contributed by atoms with van der Waals surface area (Å²) in [6.45, 7) is 1.39. The first kappa shape index (κ1) is 19.5. The number of methoxy groups -OCH3 is 1. The summed E-state index contributed by atoms with van der Waals surface area (Å²) in [6, 6.07) is 12.9. The number of hydrogen-bond donors (Lipinski definition) is 2. The van der Waals surface area contributed by atoms with Gasteiger partial charge in [-0.05, 0) is 35.9 Å². The Hall–Kier alpha value is -2.86. The molecule has 0 heterocycles. The number of amides is 2. The molecule has 0 saturated heterocycles. The number of carbonyl (C=O) groups is 3. The summed E-state index contributed by atoms with van der Waals surface area (Å²) in [5, 5.41) is 6.05. The SMILES string of the molecule is COC(=O)c1cccc(NC(=O)CC(NC(C)=O)c2ccc(Cl)cc2)c1. The highest BCUT2D eigenvalue weighted by Crippen LogP contribution is 2.21. The monoisotopic (exact) mass is 374 g/mol. The standard InChI is InChI=1S/C19H19ClN2O4/c1-12(23)21-17(13-6-8-15(20)9-7-13)11-18(24)22-16-5-3-4-14(10-16)19(25)26-2/h3-10,17H,11H2,1-2H3,(H,21,23)(H,22,24). The van der Waals surface area contributed by atoms with Crippen molar-refractivity contribution in [3.05, 3.63) is 64.7 Å². The Balaban J connectivity index is 2.10. The molecule has 0 aromatic heterocycles. The third-order valence-corrected chi connectivity index (χ3v) is 3.86. The summed E-state index contributed by atoms with van der Waals surface area (Å²) in [4.78, 5) is 35.4. The number of rotatable bonds is 6. The molecule has 0 aliphatic rings. The van der Waals surface area contributed by atoms with Crippen LogP contribution in [0.1, 0.15) is 35.3 Å². The fourth-order valence-electron chi connectivity index (χ4n) is 2.43. The third kappa shape index (κ3) is 5.60. The van der Waals surface area contributed by atoms with E-state index >= 15 is 0 Å². The number of anilines is 1. The van der Waals surface area contributed by atoms with Crippen LogP contribution in [0, 0.1) is 0 Å². The van der Waals surface area contributed by atoms with E-state index in [2.05, 4.69) is 15.4 Å². The minimum Gasteiger partial charge on any atom is -0.465 e. The number of hydrogen-bond acceptors (Lipinski definition) is 4. The van der Waals surface area contributed by atoms with Gasteiger partial charge in [0, 0.05) is 17.6 Å². The number of ether oxygens (including phenoxy) is 1. The van der Waals surface area contributed by atoms with E-state index < -0.39 is 12.0 Å². The lowest BCUT2D eigenvalue weighted by Crippen LogP contribution is -2.29. The summed E-state index contributed by atoms with van der Waals surface area (Å²) >= 11 is 5.88. The van der Waals surface area contributed by atoms with Gasteiger partial charge in [-0.3, -0.25) is 9.59 Å². The van der Waals surface area contributed by atoms with Crippen LogP contribution in [0.25, 0.3) is 0 Å². The maximum Gasteiger partial charge on any atom is 0.337 e. The fourth-order valence-corrected chi connectivity index (χ4v) is 2.56. The van der Waals surface area contributed by atoms with Gasteiger partial charge in [0.1, 0.15) is 0 Å². The van der Waals surface area contributed by atoms with Gasteiger partial charge < -0.3 is 15.4 Å². The number of nitrogens with one attached hydrogen (secondary N) is 2. The molecule has 0 fully saturated rings. The number of benzene rings is 2. The van der Waals surface area contributed by atoms with E-state index in [0.29, 0.717) is 16.3 Å². The lowest BCUT2D eigenvalue weighted by Gasteiger charge is -2.18. The van der Waals surface area contributed by atoms with Gasteiger partial charge in [0.2, 0.25) is 11.8 Å². The fraction of sp³-hybridized carbons (Fsp3) is 0.211. The summed E-state index contributed by atoms with van der Waals surface area (Å²) in [7, 11) is 1.29. The Labute approximate surface area is 156 Å². The molecule has 26 heavy (non-hydrogen) atoms. The van der Waals surface area contributed by atoms with Crippen LogP contribution in [0.4, 0.5) is 5.69 Å². The van der Waals surface area contributed by atoms with Crippen molar-refractivity contribution >= 4 is 35.1 Å². The van der Waals surface area contributed by atoms with Crippen molar-refractivity contribution in [1.82, 2.24) is 5.32 Å². The second-order valence-electron chi connectivity index (χ2n) is 5.63. The lowest BCUT2D eigenvalue weighted by molar-refractivity contribution is -0.120. The second kappa shape index (κ2) is 9.01. The highest BCUT2D eigenvalue weighted by molar-refractivity contribution is 6.30. The molecule has 0 aliphatic carbocycles. The minimum absolute atomic E-state index is 0.0314. The Morgan fingerprint density at radius 3 is 2.42 bits per heavy atom. The molecular weight excluding hydrogens is 356 g/mol. The average molecular weight is 375 g/mol. The van der Waals surface area contributed by atoms with E-state index in [1.807, 2.05) is 0 Å². The first-order chi connectivity index (χ1) is 12.4. The maximum atomic E-state index is 12.4. The lowest BCUT2D eigenvalue weighted by atomic mass is 10.0. The zero-order chi connectivity index (χ0) is 19.1. The van der Waals surface area contributed by atoms with Crippen molar-refractivity contribution in [2.45, 2.75) is 19.4 Å². The Kier molecular flexibility index (Phi) is 6.74.